The molecule has 1 aliphatic rings. The van der Waals surface area contributed by atoms with Gasteiger partial charge in [-0.1, -0.05) is 12.1 Å². The van der Waals surface area contributed by atoms with E-state index in [4.69, 9.17) is 0 Å². The van der Waals surface area contributed by atoms with E-state index in [2.05, 4.69) is 26.1 Å². The first-order valence-corrected chi connectivity index (χ1v) is 12.1. The molecule has 5 rings (SSSR count). The summed E-state index contributed by atoms with van der Waals surface area (Å²) in [6.07, 6.45) is 4.26. The van der Waals surface area contributed by atoms with Crippen LogP contribution in [-0.2, 0) is 22.9 Å². The third-order valence-corrected chi connectivity index (χ3v) is 7.22. The summed E-state index contributed by atoms with van der Waals surface area (Å²) in [6.45, 7) is 0. The molecule has 33 heavy (non-hydrogen) atoms. The van der Waals surface area contributed by atoms with Crippen LogP contribution in [0.25, 0.3) is 11.0 Å². The minimum absolute atomic E-state index is 0.0147. The van der Waals surface area contributed by atoms with Gasteiger partial charge in [0.05, 0.1) is 15.9 Å². The number of rotatable bonds is 5. The maximum atomic E-state index is 12.8. The quantitative estimate of drug-likeness (QED) is 0.360. The fourth-order valence-electron chi connectivity index (χ4n) is 4.18. The molecule has 0 aliphatic heterocycles. The molecule has 0 atom stereocenters. The number of amides is 1. The van der Waals surface area contributed by atoms with E-state index < -0.39 is 15.7 Å². The van der Waals surface area contributed by atoms with E-state index in [-0.39, 0.29) is 10.8 Å². The van der Waals surface area contributed by atoms with Crippen molar-refractivity contribution in [1.29, 1.82) is 0 Å². The van der Waals surface area contributed by atoms with E-state index in [9.17, 15) is 18.0 Å². The van der Waals surface area contributed by atoms with Gasteiger partial charge in [-0.25, -0.2) is 13.2 Å². The average molecular weight is 463 g/mol. The van der Waals surface area contributed by atoms with E-state index in [1.807, 2.05) is 12.1 Å². The number of carbonyl (C=O) groups excluding carboxylic acids is 1. The van der Waals surface area contributed by atoms with Crippen LogP contribution in [0.1, 0.15) is 34.3 Å². The Morgan fingerprint density at radius 2 is 1.64 bits per heavy atom. The number of nitrogens with one attached hydrogen (secondary N) is 4. The third-order valence-electron chi connectivity index (χ3n) is 5.84. The predicted octanol–water partition coefficient (Wildman–Crippen LogP) is 3.79. The number of imidazole rings is 1. The van der Waals surface area contributed by atoms with E-state index in [1.165, 1.54) is 35.7 Å². The van der Waals surface area contributed by atoms with E-state index in [0.29, 0.717) is 22.3 Å². The number of aryl methyl sites for hydroxylation is 1. The molecule has 0 unspecified atom stereocenters. The first-order chi connectivity index (χ1) is 15.9. The van der Waals surface area contributed by atoms with Crippen LogP contribution in [0.2, 0.25) is 0 Å². The monoisotopic (exact) mass is 462 g/mol. The van der Waals surface area contributed by atoms with Crippen molar-refractivity contribution in [2.45, 2.75) is 30.6 Å². The molecule has 4 aromatic rings. The third kappa shape index (κ3) is 4.27. The van der Waals surface area contributed by atoms with Gasteiger partial charge in [0, 0.05) is 16.9 Å². The Bertz CT molecular complexity index is 1520. The van der Waals surface area contributed by atoms with Gasteiger partial charge in [0.2, 0.25) is 0 Å². The molecule has 1 aliphatic carbocycles. The molecule has 1 aromatic heterocycles. The van der Waals surface area contributed by atoms with Gasteiger partial charge < -0.3 is 15.3 Å². The molecule has 9 heteroatoms. The Morgan fingerprint density at radius 1 is 0.879 bits per heavy atom. The molecule has 1 heterocycles. The summed E-state index contributed by atoms with van der Waals surface area (Å²) in [7, 11) is -3.87. The molecule has 168 valence electrons. The van der Waals surface area contributed by atoms with Gasteiger partial charge in [-0.2, -0.15) is 0 Å². The maximum absolute atomic E-state index is 12.8. The predicted molar refractivity (Wildman–Crippen MR) is 127 cm³/mol. The largest absolute Gasteiger partial charge is 0.323 e. The fourth-order valence-corrected chi connectivity index (χ4v) is 5.26. The van der Waals surface area contributed by atoms with Crippen LogP contribution in [-0.4, -0.2) is 24.3 Å². The average Bonchev–Trinajstić information content (AvgIpc) is 3.19. The Hall–Kier alpha value is -3.85. The number of sulfonamides is 1. The van der Waals surface area contributed by atoms with E-state index in [1.54, 1.807) is 24.3 Å². The van der Waals surface area contributed by atoms with Crippen LogP contribution < -0.4 is 15.7 Å². The van der Waals surface area contributed by atoms with Crippen LogP contribution in [0.15, 0.2) is 70.4 Å². The van der Waals surface area contributed by atoms with E-state index >= 15 is 0 Å². The second-order valence-corrected chi connectivity index (χ2v) is 9.76. The second kappa shape index (κ2) is 8.25. The number of carbonyl (C=O) groups is 1. The highest BCUT2D eigenvalue weighted by atomic mass is 32.2. The summed E-state index contributed by atoms with van der Waals surface area (Å²) in [5, 5.41) is 2.99. The highest BCUT2D eigenvalue weighted by Gasteiger charge is 2.17. The zero-order chi connectivity index (χ0) is 23.0. The second-order valence-electron chi connectivity index (χ2n) is 8.07. The van der Waals surface area contributed by atoms with Crippen molar-refractivity contribution < 1.29 is 13.2 Å². The number of H-pyrrole nitrogens is 2. The van der Waals surface area contributed by atoms with Gasteiger partial charge in [0.1, 0.15) is 0 Å². The summed E-state index contributed by atoms with van der Waals surface area (Å²) < 4.78 is 28.0. The first kappa shape index (κ1) is 21.0. The van der Waals surface area contributed by atoms with E-state index in [0.717, 1.165) is 24.9 Å². The summed E-state index contributed by atoms with van der Waals surface area (Å²) in [5.74, 6) is -0.245. The standard InChI is InChI=1S/C24H22N4O4S/c29-23(25-20-7-3-5-15-4-1-2-6-19(15)20)16-8-10-17(11-9-16)28-33(31,32)18-12-13-21-22(14-18)27-24(30)26-21/h3,5,7-14,28H,1-2,4,6H2,(H,25,29)(H2,26,27,30). The normalized spacial score (nSPS) is 13.5. The number of aromatic nitrogens is 2. The van der Waals surface area contributed by atoms with Gasteiger partial charge in [0.25, 0.3) is 15.9 Å². The zero-order valence-corrected chi connectivity index (χ0v) is 18.5. The molecular formula is C24H22N4O4S. The molecule has 0 bridgehead atoms. The summed E-state index contributed by atoms with van der Waals surface area (Å²) in [6, 6.07) is 16.6. The number of benzene rings is 3. The minimum Gasteiger partial charge on any atom is -0.322 e. The van der Waals surface area contributed by atoms with Crippen molar-refractivity contribution in [3.8, 4) is 0 Å². The number of hydrogen-bond donors (Lipinski definition) is 4. The molecule has 8 nitrogen and oxygen atoms in total. The van der Waals surface area contributed by atoms with Crippen LogP contribution in [0, 0.1) is 0 Å². The molecule has 0 saturated carbocycles. The fraction of sp³-hybridized carbons (Fsp3) is 0.167. The smallest absolute Gasteiger partial charge is 0.322 e. The van der Waals surface area contributed by atoms with Crippen molar-refractivity contribution in [1.82, 2.24) is 9.97 Å². The molecule has 0 saturated heterocycles. The number of hydrogen-bond acceptors (Lipinski definition) is 4. The maximum Gasteiger partial charge on any atom is 0.323 e. The van der Waals surface area contributed by atoms with Crippen molar-refractivity contribution >= 4 is 38.3 Å². The number of anilines is 2. The van der Waals surface area contributed by atoms with Crippen LogP contribution >= 0.6 is 0 Å². The topological polar surface area (TPSA) is 124 Å². The lowest BCUT2D eigenvalue weighted by atomic mass is 9.90. The molecule has 1 amide bonds. The van der Waals surface area contributed by atoms with Gasteiger partial charge in [0.15, 0.2) is 0 Å². The first-order valence-electron chi connectivity index (χ1n) is 10.7. The molecular weight excluding hydrogens is 440 g/mol. The van der Waals surface area contributed by atoms with Crippen molar-refractivity contribution in [2.75, 3.05) is 10.0 Å². The SMILES string of the molecule is O=C(Nc1cccc2c1CCCC2)c1ccc(NS(=O)(=O)c2ccc3[nH]c(=O)[nH]c3c2)cc1. The summed E-state index contributed by atoms with van der Waals surface area (Å²) >= 11 is 0. The Balaban J connectivity index is 1.32. The van der Waals surface area contributed by atoms with Crippen molar-refractivity contribution in [2.24, 2.45) is 0 Å². The van der Waals surface area contributed by atoms with Gasteiger partial charge in [-0.05, 0) is 85.3 Å². The lowest BCUT2D eigenvalue weighted by molar-refractivity contribution is 0.102. The highest BCUT2D eigenvalue weighted by molar-refractivity contribution is 7.92. The Morgan fingerprint density at radius 3 is 2.45 bits per heavy atom. The number of aromatic amines is 2. The molecule has 3 aromatic carbocycles. The van der Waals surface area contributed by atoms with Gasteiger partial charge in [-0.3, -0.25) is 9.52 Å². The van der Waals surface area contributed by atoms with Crippen LogP contribution in [0.3, 0.4) is 0 Å². The van der Waals surface area contributed by atoms with Gasteiger partial charge >= 0.3 is 5.69 Å². The van der Waals surface area contributed by atoms with Crippen LogP contribution in [0.4, 0.5) is 11.4 Å². The minimum atomic E-state index is -3.87. The Kier molecular flexibility index (Phi) is 5.26. The molecule has 4 N–H and O–H groups in total. The Labute approximate surface area is 190 Å². The number of fused-ring (bicyclic) bond motifs is 2. The van der Waals surface area contributed by atoms with Gasteiger partial charge in [-0.15, -0.1) is 0 Å². The summed E-state index contributed by atoms with van der Waals surface area (Å²) in [5.41, 5.74) is 4.58. The molecule has 0 spiro atoms. The lowest BCUT2D eigenvalue weighted by Gasteiger charge is -2.19. The van der Waals surface area contributed by atoms with Crippen molar-refractivity contribution in [3.63, 3.8) is 0 Å². The lowest BCUT2D eigenvalue weighted by Crippen LogP contribution is -2.16. The summed E-state index contributed by atoms with van der Waals surface area (Å²) in [4.78, 5) is 29.3. The zero-order valence-electron chi connectivity index (χ0n) is 17.6. The molecule has 0 radical (unpaired) electrons. The van der Waals surface area contributed by atoms with Crippen molar-refractivity contribution in [3.05, 3.63) is 87.8 Å². The molecule has 0 fully saturated rings. The highest BCUT2D eigenvalue weighted by Crippen LogP contribution is 2.28. The van der Waals surface area contributed by atoms with Crippen LogP contribution in [0.5, 0.6) is 0 Å².